The van der Waals surface area contributed by atoms with Gasteiger partial charge in [-0.3, -0.25) is 19.3 Å². The molecule has 40 heavy (non-hydrogen) atoms. The molecular weight excluding hydrogens is 514 g/mol. The summed E-state index contributed by atoms with van der Waals surface area (Å²) in [6.07, 6.45) is 3.84. The number of amides is 1. The van der Waals surface area contributed by atoms with Crippen molar-refractivity contribution in [2.75, 3.05) is 33.0 Å². The Bertz CT molecular complexity index is 1360. The number of fused-ring (bicyclic) bond motifs is 2. The summed E-state index contributed by atoms with van der Waals surface area (Å²) in [6, 6.07) is 12.7. The zero-order valence-corrected chi connectivity index (χ0v) is 23.0. The van der Waals surface area contributed by atoms with Gasteiger partial charge in [0.15, 0.2) is 17.4 Å². The van der Waals surface area contributed by atoms with Gasteiger partial charge in [0, 0.05) is 48.6 Å². The van der Waals surface area contributed by atoms with E-state index >= 15 is 0 Å². The number of aryl methyl sites for hydroxylation is 1. The molecule has 10 heteroatoms. The Hall–Kier alpha value is -3.76. The average Bonchev–Trinajstić information content (AvgIpc) is 3.65. The summed E-state index contributed by atoms with van der Waals surface area (Å²) in [5, 5.41) is 24.4. The third kappa shape index (κ3) is 5.59. The van der Waals surface area contributed by atoms with E-state index in [2.05, 4.69) is 0 Å². The lowest BCUT2D eigenvalue weighted by atomic mass is 9.84. The summed E-state index contributed by atoms with van der Waals surface area (Å²) < 4.78 is 12.8. The Kier molecular flexibility index (Phi) is 8.46. The lowest BCUT2D eigenvalue weighted by Crippen LogP contribution is -2.44. The third-order valence-corrected chi connectivity index (χ3v) is 7.79. The maximum Gasteiger partial charge on any atom is 0.308 e. The van der Waals surface area contributed by atoms with Crippen LogP contribution >= 0.6 is 0 Å². The second kappa shape index (κ2) is 12.2. The highest BCUT2D eigenvalue weighted by atomic mass is 16.7. The average molecular weight is 552 g/mol. The highest BCUT2D eigenvalue weighted by Gasteiger charge is 2.47. The molecule has 2 aliphatic heterocycles. The second-order valence-corrected chi connectivity index (χ2v) is 10.4. The largest absolute Gasteiger partial charge is 0.494 e. The van der Waals surface area contributed by atoms with Crippen molar-refractivity contribution in [1.82, 2.24) is 14.5 Å². The smallest absolute Gasteiger partial charge is 0.308 e. The number of carbonyl (C=O) groups is 2. The van der Waals surface area contributed by atoms with Gasteiger partial charge in [-0.15, -0.1) is 0 Å². The van der Waals surface area contributed by atoms with Gasteiger partial charge in [0.25, 0.3) is 5.91 Å². The van der Waals surface area contributed by atoms with Gasteiger partial charge in [0.05, 0.1) is 19.1 Å². The Morgan fingerprint density at radius 2 is 1.90 bits per heavy atom. The minimum absolute atomic E-state index is 0.0405. The molecule has 1 unspecified atom stereocenters. The van der Waals surface area contributed by atoms with E-state index in [4.69, 9.17) is 14.3 Å². The maximum atomic E-state index is 13.4. The molecule has 214 valence electrons. The molecule has 1 saturated heterocycles. The summed E-state index contributed by atoms with van der Waals surface area (Å²) in [6.45, 7) is 5.84. The summed E-state index contributed by atoms with van der Waals surface area (Å²) in [4.78, 5) is 33.9. The predicted molar refractivity (Wildman–Crippen MR) is 148 cm³/mol. The van der Waals surface area contributed by atoms with Crippen molar-refractivity contribution in [3.8, 4) is 17.4 Å². The van der Waals surface area contributed by atoms with Gasteiger partial charge < -0.3 is 24.3 Å². The van der Waals surface area contributed by atoms with E-state index in [0.29, 0.717) is 44.2 Å². The molecule has 0 spiro atoms. The maximum absolute atomic E-state index is 13.4. The third-order valence-electron chi connectivity index (χ3n) is 7.79. The molecule has 0 saturated carbocycles. The van der Waals surface area contributed by atoms with Gasteiger partial charge in [-0.25, -0.2) is 5.06 Å². The Balaban J connectivity index is 1.43. The van der Waals surface area contributed by atoms with Gasteiger partial charge >= 0.3 is 5.97 Å². The van der Waals surface area contributed by atoms with Crippen LogP contribution in [0.2, 0.25) is 0 Å². The molecule has 0 aliphatic carbocycles. The summed E-state index contributed by atoms with van der Waals surface area (Å²) in [5.74, 6) is -0.857. The normalized spacial score (nSPS) is 20.3. The van der Waals surface area contributed by atoms with Crippen molar-refractivity contribution < 1.29 is 34.1 Å². The van der Waals surface area contributed by atoms with Crippen LogP contribution in [0.1, 0.15) is 44.6 Å². The fourth-order valence-electron chi connectivity index (χ4n) is 5.89. The van der Waals surface area contributed by atoms with Gasteiger partial charge in [-0.05, 0) is 43.0 Å². The molecule has 3 heterocycles. The van der Waals surface area contributed by atoms with E-state index in [1.165, 1.54) is 5.06 Å². The van der Waals surface area contributed by atoms with Crippen LogP contribution in [-0.2, 0) is 21.0 Å². The van der Waals surface area contributed by atoms with Crippen LogP contribution in [0.5, 0.6) is 17.4 Å². The molecule has 1 fully saturated rings. The standard InChI is InChI=1S/C30H37N3O7/c1-3-12-33(40-14-4-2)27(34)18-32-17-23(20-9-10-25-26(15-20)39-19-38-25)28(30(36)37)24(32)11-13-31-16-21-7-5-6-8-22(21)29(31)35/h5-10,15-16,23-24,28,35H,3-4,11-14,17-19H2,1-2H3,(H,36,37)/t23-,24+,28?/m1/s1. The number of aliphatic carboxylic acids is 1. The molecule has 3 atom stereocenters. The molecule has 5 rings (SSSR count). The number of nitrogens with zero attached hydrogens (tertiary/aromatic N) is 3. The molecule has 10 nitrogen and oxygen atoms in total. The molecule has 0 radical (unpaired) electrons. The van der Waals surface area contributed by atoms with Crippen molar-refractivity contribution in [3.05, 3.63) is 54.2 Å². The molecule has 2 N–H and O–H groups in total. The fourth-order valence-corrected chi connectivity index (χ4v) is 5.89. The van der Waals surface area contributed by atoms with Crippen molar-refractivity contribution in [3.63, 3.8) is 0 Å². The number of hydroxylamine groups is 2. The minimum atomic E-state index is -0.919. The van der Waals surface area contributed by atoms with Crippen LogP contribution in [0.15, 0.2) is 48.7 Å². The van der Waals surface area contributed by atoms with Crippen LogP contribution in [0.3, 0.4) is 0 Å². The number of likely N-dealkylation sites (tertiary alicyclic amines) is 1. The number of hydrogen-bond acceptors (Lipinski definition) is 7. The molecule has 1 amide bonds. The van der Waals surface area contributed by atoms with Gasteiger partial charge in [0.1, 0.15) is 0 Å². The first kappa shape index (κ1) is 27.8. The van der Waals surface area contributed by atoms with Gasteiger partial charge in [-0.2, -0.15) is 0 Å². The number of rotatable bonds is 12. The molecule has 3 aromatic rings. The summed E-state index contributed by atoms with van der Waals surface area (Å²) in [7, 11) is 0. The van der Waals surface area contributed by atoms with Gasteiger partial charge in [0.2, 0.25) is 6.79 Å². The number of ether oxygens (including phenoxy) is 2. The van der Waals surface area contributed by atoms with Crippen LogP contribution in [0, 0.1) is 5.92 Å². The summed E-state index contributed by atoms with van der Waals surface area (Å²) >= 11 is 0. The first-order valence-corrected chi connectivity index (χ1v) is 14.0. The number of hydrogen-bond donors (Lipinski definition) is 2. The lowest BCUT2D eigenvalue weighted by Gasteiger charge is -2.29. The highest BCUT2D eigenvalue weighted by molar-refractivity contribution is 5.87. The van der Waals surface area contributed by atoms with E-state index in [1.807, 2.05) is 67.4 Å². The highest BCUT2D eigenvalue weighted by Crippen LogP contribution is 2.43. The number of carbonyl (C=O) groups excluding carboxylic acids is 1. The molecule has 1 aromatic heterocycles. The van der Waals surface area contributed by atoms with E-state index in [-0.39, 0.29) is 31.0 Å². The number of carboxylic acid groups (broad SMARTS) is 1. The van der Waals surface area contributed by atoms with Crippen molar-refractivity contribution >= 4 is 22.6 Å². The van der Waals surface area contributed by atoms with E-state index < -0.39 is 17.9 Å². The molecular formula is C30H37N3O7. The number of benzene rings is 2. The van der Waals surface area contributed by atoms with Crippen molar-refractivity contribution in [2.24, 2.45) is 5.92 Å². The Labute approximate surface area is 233 Å². The molecule has 2 aromatic carbocycles. The van der Waals surface area contributed by atoms with Crippen LogP contribution in [0.25, 0.3) is 10.8 Å². The zero-order valence-electron chi connectivity index (χ0n) is 23.0. The first-order valence-electron chi connectivity index (χ1n) is 14.0. The van der Waals surface area contributed by atoms with Gasteiger partial charge in [-0.1, -0.05) is 38.1 Å². The van der Waals surface area contributed by atoms with E-state index in [1.54, 1.807) is 4.57 Å². The Morgan fingerprint density at radius 3 is 2.65 bits per heavy atom. The molecule has 0 bridgehead atoms. The molecule has 2 aliphatic rings. The monoisotopic (exact) mass is 551 g/mol. The second-order valence-electron chi connectivity index (χ2n) is 10.4. The van der Waals surface area contributed by atoms with Crippen molar-refractivity contribution in [2.45, 2.75) is 51.6 Å². The topological polar surface area (TPSA) is 114 Å². The predicted octanol–water partition coefficient (Wildman–Crippen LogP) is 4.21. The first-order chi connectivity index (χ1) is 19.4. The fraction of sp³-hybridized carbons (Fsp3) is 0.467. The summed E-state index contributed by atoms with van der Waals surface area (Å²) in [5.41, 5.74) is 0.832. The number of carboxylic acids is 1. The van der Waals surface area contributed by atoms with E-state index in [9.17, 15) is 19.8 Å². The van der Waals surface area contributed by atoms with Crippen molar-refractivity contribution in [1.29, 1.82) is 0 Å². The quantitative estimate of drug-likeness (QED) is 0.322. The van der Waals surface area contributed by atoms with Crippen LogP contribution in [0.4, 0.5) is 0 Å². The van der Waals surface area contributed by atoms with E-state index in [0.717, 1.165) is 29.2 Å². The SMILES string of the molecule is CCCON(CCC)C(=O)CN1C[C@H](c2ccc3c(c2)OCO3)C(C(=O)O)[C@@H]1CCn1cc2ccccc2c1O. The minimum Gasteiger partial charge on any atom is -0.494 e. The van der Waals surface area contributed by atoms with Crippen LogP contribution < -0.4 is 9.47 Å². The Morgan fingerprint density at radius 1 is 1.10 bits per heavy atom. The number of aromatic nitrogens is 1. The number of aromatic hydroxyl groups is 1. The van der Waals surface area contributed by atoms with Crippen LogP contribution in [-0.4, -0.2) is 75.7 Å². The zero-order chi connectivity index (χ0) is 28.2. The lowest BCUT2D eigenvalue weighted by molar-refractivity contribution is -0.188.